The molecule has 0 bridgehead atoms. The number of fused-ring (bicyclic) bond motifs is 2. The number of pyridine rings is 2. The van der Waals surface area contributed by atoms with E-state index in [2.05, 4.69) is 36.4 Å². The Morgan fingerprint density at radius 1 is 0.557 bits per heavy atom. The van der Waals surface area contributed by atoms with Gasteiger partial charge in [-0.1, -0.05) is 121 Å². The van der Waals surface area contributed by atoms with Gasteiger partial charge in [-0.05, 0) is 48.9 Å². The number of carbonyl (C=O) groups is 2. The van der Waals surface area contributed by atoms with Crippen molar-refractivity contribution >= 4 is 83.6 Å². The Balaban J connectivity index is 0.000000201. The zero-order valence-corrected chi connectivity index (χ0v) is 36.1. The van der Waals surface area contributed by atoms with Gasteiger partial charge in [0.1, 0.15) is 0 Å². The van der Waals surface area contributed by atoms with Crippen molar-refractivity contribution in [1.82, 2.24) is 9.97 Å². The molecule has 2 saturated carbocycles. The number of carbonyl (C=O) groups excluding carboxylic acids is 2. The summed E-state index contributed by atoms with van der Waals surface area (Å²) in [6, 6.07) is 36.3. The zero-order chi connectivity index (χ0) is 42.2. The molecule has 2 aliphatic rings. The first kappa shape index (κ1) is 45.7. The summed E-state index contributed by atoms with van der Waals surface area (Å²) in [6.07, 6.45) is 5.96. The van der Waals surface area contributed by atoms with Gasteiger partial charge in [0.25, 0.3) is 0 Å². The van der Waals surface area contributed by atoms with E-state index < -0.39 is 49.2 Å². The van der Waals surface area contributed by atoms with Crippen LogP contribution >= 0.6 is 0 Å². The number of rotatable bonds is 16. The van der Waals surface area contributed by atoms with Crippen molar-refractivity contribution in [1.29, 1.82) is 0 Å². The van der Waals surface area contributed by atoms with Crippen molar-refractivity contribution < 1.29 is 40.2 Å². The third kappa shape index (κ3) is 12.2. The first-order valence-corrected chi connectivity index (χ1v) is 20.5. The second-order valence-corrected chi connectivity index (χ2v) is 15.7. The Labute approximate surface area is 385 Å². The fourth-order valence-corrected chi connectivity index (χ4v) is 7.68. The van der Waals surface area contributed by atoms with Gasteiger partial charge in [-0.25, -0.2) is 0 Å². The summed E-state index contributed by atoms with van der Waals surface area (Å²) in [6.45, 7) is 0. The Morgan fingerprint density at radius 2 is 0.902 bits per heavy atom. The molecule has 0 aliphatic heterocycles. The number of hydrogen-bond acceptors (Lipinski definition) is 10. The number of aromatic nitrogens is 2. The molecule has 308 valence electrons. The monoisotopic (exact) mass is 844 g/mol. The van der Waals surface area contributed by atoms with E-state index >= 15 is 0 Å². The molecule has 4 unspecified atom stereocenters. The van der Waals surface area contributed by atoms with Gasteiger partial charge in [-0.3, -0.25) is 9.97 Å². The van der Waals surface area contributed by atoms with Gasteiger partial charge in [0.05, 0.1) is 46.8 Å². The standard InChI is InChI=1S/2C25H25NO4.Ca/c2*27-18(14-19(28)15-23(29)30)12-13-21-24(16-6-2-1-3-7-16)20-8-4-5-9-22(20)26-25(21)17-10-11-17;/h2*1-9,12-13,17-19,27-28H,10-11,14-15H2,(H,29,30);/q;;+2/p-2. The minimum atomic E-state index is -1.33. The van der Waals surface area contributed by atoms with E-state index in [1.165, 1.54) is 0 Å². The number of carboxylic acid groups (broad SMARTS) is 2. The molecule has 2 aromatic heterocycles. The van der Waals surface area contributed by atoms with E-state index in [1.807, 2.05) is 84.9 Å². The summed E-state index contributed by atoms with van der Waals surface area (Å²) < 4.78 is 0. The van der Waals surface area contributed by atoms with Gasteiger partial charge in [0.15, 0.2) is 0 Å². The van der Waals surface area contributed by atoms with Crippen molar-refractivity contribution in [3.63, 3.8) is 0 Å². The summed E-state index contributed by atoms with van der Waals surface area (Å²) in [5.74, 6) is -1.87. The second kappa shape index (κ2) is 21.3. The van der Waals surface area contributed by atoms with Crippen LogP contribution < -0.4 is 10.2 Å². The minimum absolute atomic E-state index is 0. The number of nitrogens with zero attached hydrogens (tertiary/aromatic N) is 2. The molecule has 0 radical (unpaired) electrons. The molecule has 2 aliphatic carbocycles. The number of aliphatic hydroxyl groups is 4. The van der Waals surface area contributed by atoms with E-state index in [-0.39, 0.29) is 50.6 Å². The topological polar surface area (TPSA) is 187 Å². The van der Waals surface area contributed by atoms with Crippen LogP contribution in [0.25, 0.3) is 56.2 Å². The van der Waals surface area contributed by atoms with Crippen LogP contribution in [-0.2, 0) is 9.59 Å². The average Bonchev–Trinajstić information content (AvgIpc) is 4.17. The first-order chi connectivity index (χ1) is 29.0. The molecule has 61 heavy (non-hydrogen) atoms. The molecule has 0 spiro atoms. The van der Waals surface area contributed by atoms with Crippen LogP contribution in [0.4, 0.5) is 0 Å². The number of benzene rings is 4. The number of aliphatic hydroxyl groups excluding tert-OH is 4. The van der Waals surface area contributed by atoms with Gasteiger partial charge >= 0.3 is 37.7 Å². The Bertz CT molecular complexity index is 2330. The predicted molar refractivity (Wildman–Crippen MR) is 235 cm³/mol. The molecule has 10 nitrogen and oxygen atoms in total. The van der Waals surface area contributed by atoms with Crippen molar-refractivity contribution in [3.05, 3.63) is 144 Å². The Morgan fingerprint density at radius 3 is 1.25 bits per heavy atom. The van der Waals surface area contributed by atoms with Gasteiger partial charge in [-0.15, -0.1) is 0 Å². The Hall–Kier alpha value is -4.78. The third-order valence-corrected chi connectivity index (χ3v) is 10.8. The molecule has 6 aromatic rings. The molecule has 4 aromatic carbocycles. The predicted octanol–water partition coefficient (Wildman–Crippen LogP) is 5.71. The minimum Gasteiger partial charge on any atom is -0.550 e. The number of aliphatic carboxylic acids is 2. The Kier molecular flexibility index (Phi) is 16.0. The third-order valence-electron chi connectivity index (χ3n) is 10.8. The quantitative estimate of drug-likeness (QED) is 0.0880. The summed E-state index contributed by atoms with van der Waals surface area (Å²) in [7, 11) is 0. The van der Waals surface area contributed by atoms with Crippen molar-refractivity contribution in [2.45, 2.75) is 87.6 Å². The van der Waals surface area contributed by atoms with E-state index in [0.29, 0.717) is 11.8 Å². The molecular formula is C50H48CaN2O8. The van der Waals surface area contributed by atoms with Crippen LogP contribution in [0.2, 0.25) is 0 Å². The molecule has 2 heterocycles. The fourth-order valence-electron chi connectivity index (χ4n) is 7.68. The summed E-state index contributed by atoms with van der Waals surface area (Å²) in [5.41, 5.74) is 10.2. The molecule has 8 rings (SSSR count). The molecule has 11 heteroatoms. The average molecular weight is 845 g/mol. The van der Waals surface area contributed by atoms with Crippen LogP contribution in [0.3, 0.4) is 0 Å². The van der Waals surface area contributed by atoms with Crippen molar-refractivity contribution in [3.8, 4) is 22.3 Å². The summed E-state index contributed by atoms with van der Waals surface area (Å²) >= 11 is 0. The summed E-state index contributed by atoms with van der Waals surface area (Å²) in [5, 5.41) is 63.6. The van der Waals surface area contributed by atoms with Crippen LogP contribution in [0.15, 0.2) is 121 Å². The van der Waals surface area contributed by atoms with Crippen LogP contribution in [0, 0.1) is 0 Å². The largest absolute Gasteiger partial charge is 2.00 e. The van der Waals surface area contributed by atoms with E-state index in [9.17, 15) is 40.2 Å². The van der Waals surface area contributed by atoms with Crippen molar-refractivity contribution in [2.24, 2.45) is 0 Å². The van der Waals surface area contributed by atoms with Gasteiger partial charge < -0.3 is 40.2 Å². The summed E-state index contributed by atoms with van der Waals surface area (Å²) in [4.78, 5) is 31.2. The van der Waals surface area contributed by atoms with E-state index in [0.717, 1.165) is 92.3 Å². The SMILES string of the molecule is O=C([O-])CC(O)CC(O)C=Cc1c(C2CC2)nc2ccccc2c1-c1ccccc1.O=C([O-])CC(O)CC(O)C=Cc1c(C2CC2)nc2ccccc2c1-c1ccccc1.[Ca+2]. The molecule has 4 atom stereocenters. The van der Waals surface area contributed by atoms with E-state index in [1.54, 1.807) is 12.2 Å². The van der Waals surface area contributed by atoms with Gasteiger partial charge in [0.2, 0.25) is 0 Å². The molecule has 4 N–H and O–H groups in total. The molecule has 0 saturated heterocycles. The van der Waals surface area contributed by atoms with Gasteiger partial charge in [0, 0.05) is 82.5 Å². The number of para-hydroxylation sites is 2. The zero-order valence-electron chi connectivity index (χ0n) is 33.8. The number of carboxylic acids is 2. The fraction of sp³-hybridized carbons (Fsp3) is 0.280. The maximum absolute atomic E-state index is 10.6. The normalized spacial score (nSPS) is 15.8. The molecular weight excluding hydrogens is 797 g/mol. The second-order valence-electron chi connectivity index (χ2n) is 15.7. The maximum Gasteiger partial charge on any atom is 2.00 e. The maximum atomic E-state index is 10.6. The van der Waals surface area contributed by atoms with Crippen LogP contribution in [-0.4, -0.2) is 104 Å². The van der Waals surface area contributed by atoms with Crippen LogP contribution in [0.1, 0.15) is 85.7 Å². The molecule has 0 amide bonds. The number of hydrogen-bond donors (Lipinski definition) is 4. The first-order valence-electron chi connectivity index (χ1n) is 20.5. The smallest absolute Gasteiger partial charge is 0.550 e. The van der Waals surface area contributed by atoms with Gasteiger partial charge in [-0.2, -0.15) is 0 Å². The van der Waals surface area contributed by atoms with Crippen LogP contribution in [0.5, 0.6) is 0 Å². The molecule has 2 fully saturated rings. The van der Waals surface area contributed by atoms with E-state index in [4.69, 9.17) is 9.97 Å². The van der Waals surface area contributed by atoms with Crippen molar-refractivity contribution in [2.75, 3.05) is 0 Å².